The molecule has 1 aromatic heterocycles. The lowest BCUT2D eigenvalue weighted by atomic mass is 9.80. The number of aliphatic hydroxyl groups is 1. The van der Waals surface area contributed by atoms with Gasteiger partial charge >= 0.3 is 18.6 Å². The number of nitrogens with one attached hydrogen (secondary N) is 2. The Morgan fingerprint density at radius 3 is 2.36 bits per heavy atom. The predicted octanol–water partition coefficient (Wildman–Crippen LogP) is 5.91. The number of hydrogen-bond donors (Lipinski definition) is 3. The zero-order chi connectivity index (χ0) is 28.8. The molecule has 0 saturated carbocycles. The average Bonchev–Trinajstić information content (AvgIpc) is 2.87. The molecule has 0 radical (unpaired) electrons. The van der Waals surface area contributed by atoms with Crippen LogP contribution >= 0.6 is 11.6 Å². The average molecular weight is 572 g/mol. The highest BCUT2D eigenvalue weighted by Gasteiger charge is 2.45. The maximum atomic E-state index is 14.8. The fourth-order valence-electron chi connectivity index (χ4n) is 3.94. The van der Waals surface area contributed by atoms with Gasteiger partial charge in [-0.15, -0.1) is 0 Å². The molecule has 2 amide bonds. The molecule has 3 N–H and O–H groups in total. The lowest BCUT2D eigenvalue weighted by Crippen LogP contribution is -2.55. The summed E-state index contributed by atoms with van der Waals surface area (Å²) >= 11 is 6.02. The summed E-state index contributed by atoms with van der Waals surface area (Å²) in [6.45, 7) is 3.17. The SMILES string of the molecule is CC(C)C(CO)NC(=O)N[C@@](Cc1ccccc1)(c1cc(F)cc(OC(F)(F)C(F)F)c1)c1ccc(Cl)cn1. The normalized spacial score (nSPS) is 14.1. The van der Waals surface area contributed by atoms with E-state index in [0.29, 0.717) is 11.6 Å². The molecule has 0 aliphatic carbocycles. The summed E-state index contributed by atoms with van der Waals surface area (Å²) in [5.74, 6) is -2.14. The summed E-state index contributed by atoms with van der Waals surface area (Å²) < 4.78 is 72.2. The van der Waals surface area contributed by atoms with Crippen molar-refractivity contribution in [3.8, 4) is 5.75 Å². The summed E-state index contributed by atoms with van der Waals surface area (Å²) in [5.41, 5.74) is -1.11. The molecule has 0 spiro atoms. The first kappa shape index (κ1) is 30.1. The van der Waals surface area contributed by atoms with Crippen molar-refractivity contribution in [3.05, 3.63) is 94.5 Å². The third kappa shape index (κ3) is 7.57. The third-order valence-electron chi connectivity index (χ3n) is 5.99. The van der Waals surface area contributed by atoms with Gasteiger partial charge in [-0.2, -0.15) is 17.6 Å². The maximum absolute atomic E-state index is 14.8. The van der Waals surface area contributed by atoms with Crippen LogP contribution in [-0.4, -0.2) is 41.3 Å². The molecule has 3 rings (SSSR count). The number of nitrogens with zero attached hydrogens (tertiary/aromatic N) is 1. The molecule has 1 unspecified atom stereocenters. The molecule has 0 fully saturated rings. The van der Waals surface area contributed by atoms with Gasteiger partial charge in [0.05, 0.1) is 23.4 Å². The Labute approximate surface area is 227 Å². The van der Waals surface area contributed by atoms with Crippen LogP contribution in [0.3, 0.4) is 0 Å². The molecule has 39 heavy (non-hydrogen) atoms. The molecule has 210 valence electrons. The monoisotopic (exact) mass is 571 g/mol. The summed E-state index contributed by atoms with van der Waals surface area (Å²) in [6, 6.07) is 12.5. The number of ether oxygens (including phenoxy) is 1. The fraction of sp³-hybridized carbons (Fsp3) is 0.333. The number of alkyl halides is 4. The number of urea groups is 1. The number of aliphatic hydroxyl groups excluding tert-OH is 1. The molecule has 0 bridgehead atoms. The van der Waals surface area contributed by atoms with Gasteiger partial charge < -0.3 is 20.5 Å². The van der Waals surface area contributed by atoms with Crippen molar-refractivity contribution < 1.29 is 36.6 Å². The van der Waals surface area contributed by atoms with Gasteiger partial charge in [0.25, 0.3) is 0 Å². The van der Waals surface area contributed by atoms with E-state index >= 15 is 0 Å². The quantitative estimate of drug-likeness (QED) is 0.250. The summed E-state index contributed by atoms with van der Waals surface area (Å²) in [7, 11) is 0. The van der Waals surface area contributed by atoms with Crippen molar-refractivity contribution >= 4 is 17.6 Å². The molecule has 0 aliphatic rings. The van der Waals surface area contributed by atoms with Crippen LogP contribution in [-0.2, 0) is 12.0 Å². The standard InChI is InChI=1S/C27H27ClF5N3O3/c1-16(2)22(15-37)35-25(38)36-26(13-17-6-4-3-5-7-17,23-9-8-19(28)14-34-23)18-10-20(29)12-21(11-18)39-27(32,33)24(30)31/h3-12,14,16,22,24,37H,13,15H2,1-2H3,(H2,35,36,38)/t22?,26-/m0/s1. The highest BCUT2D eigenvalue weighted by Crippen LogP contribution is 2.37. The van der Waals surface area contributed by atoms with Crippen molar-refractivity contribution in [2.24, 2.45) is 5.92 Å². The number of amides is 2. The lowest BCUT2D eigenvalue weighted by Gasteiger charge is -2.36. The van der Waals surface area contributed by atoms with Gasteiger partial charge in [-0.1, -0.05) is 55.8 Å². The van der Waals surface area contributed by atoms with Crippen LogP contribution in [0.5, 0.6) is 5.75 Å². The predicted molar refractivity (Wildman–Crippen MR) is 136 cm³/mol. The van der Waals surface area contributed by atoms with Gasteiger partial charge in [-0.25, -0.2) is 9.18 Å². The molecule has 2 atom stereocenters. The highest BCUT2D eigenvalue weighted by molar-refractivity contribution is 6.30. The second-order valence-electron chi connectivity index (χ2n) is 9.20. The van der Waals surface area contributed by atoms with Crippen molar-refractivity contribution in [2.45, 2.75) is 44.4 Å². The van der Waals surface area contributed by atoms with Crippen molar-refractivity contribution in [3.63, 3.8) is 0 Å². The van der Waals surface area contributed by atoms with E-state index in [9.17, 15) is 31.9 Å². The van der Waals surface area contributed by atoms with Gasteiger partial charge in [-0.05, 0) is 41.3 Å². The highest BCUT2D eigenvalue weighted by atomic mass is 35.5. The zero-order valence-electron chi connectivity index (χ0n) is 21.0. The van der Waals surface area contributed by atoms with E-state index in [1.807, 2.05) is 0 Å². The number of aromatic nitrogens is 1. The lowest BCUT2D eigenvalue weighted by molar-refractivity contribution is -0.253. The van der Waals surface area contributed by atoms with E-state index < -0.39 is 41.7 Å². The van der Waals surface area contributed by atoms with Crippen molar-refractivity contribution in [1.82, 2.24) is 15.6 Å². The molecule has 6 nitrogen and oxygen atoms in total. The zero-order valence-corrected chi connectivity index (χ0v) is 21.7. The molecule has 1 heterocycles. The van der Waals surface area contributed by atoms with Gasteiger partial charge in [0.1, 0.15) is 17.1 Å². The van der Waals surface area contributed by atoms with E-state index in [2.05, 4.69) is 20.4 Å². The smallest absolute Gasteiger partial charge is 0.428 e. The number of carbonyl (C=O) groups excluding carboxylic acids is 1. The number of hydrogen-bond acceptors (Lipinski definition) is 4. The van der Waals surface area contributed by atoms with Crippen LogP contribution in [0, 0.1) is 11.7 Å². The topological polar surface area (TPSA) is 83.5 Å². The van der Waals surface area contributed by atoms with E-state index in [1.165, 1.54) is 18.3 Å². The molecule has 0 aliphatic heterocycles. The Hall–Kier alpha value is -3.44. The largest absolute Gasteiger partial charge is 0.461 e. The second-order valence-corrected chi connectivity index (χ2v) is 9.64. The Morgan fingerprint density at radius 2 is 1.79 bits per heavy atom. The Bertz CT molecular complexity index is 1250. The maximum Gasteiger partial charge on any atom is 0.461 e. The van der Waals surface area contributed by atoms with E-state index in [-0.39, 0.29) is 35.2 Å². The molecule has 3 aromatic rings. The molecule has 0 saturated heterocycles. The third-order valence-corrected chi connectivity index (χ3v) is 6.22. The van der Waals surface area contributed by atoms with Gasteiger partial charge in [-0.3, -0.25) is 4.98 Å². The van der Waals surface area contributed by atoms with Gasteiger partial charge in [0.2, 0.25) is 0 Å². The van der Waals surface area contributed by atoms with Crippen LogP contribution in [0.2, 0.25) is 5.02 Å². The molecule has 2 aromatic carbocycles. The first-order valence-corrected chi connectivity index (χ1v) is 12.3. The molecule has 12 heteroatoms. The molecular weight excluding hydrogens is 545 g/mol. The Morgan fingerprint density at radius 1 is 1.10 bits per heavy atom. The Kier molecular flexibility index (Phi) is 9.73. The van der Waals surface area contributed by atoms with Crippen molar-refractivity contribution in [2.75, 3.05) is 6.61 Å². The van der Waals surface area contributed by atoms with E-state index in [4.69, 9.17) is 11.6 Å². The second kappa shape index (κ2) is 12.6. The van der Waals surface area contributed by atoms with Gasteiger partial charge in [0, 0.05) is 18.7 Å². The molecular formula is C27H27ClF5N3O3. The number of rotatable bonds is 11. The van der Waals surface area contributed by atoms with E-state index in [1.54, 1.807) is 44.2 Å². The number of benzene rings is 2. The minimum absolute atomic E-state index is 0.0739. The summed E-state index contributed by atoms with van der Waals surface area (Å²) in [4.78, 5) is 17.6. The Balaban J connectivity index is 2.23. The summed E-state index contributed by atoms with van der Waals surface area (Å²) in [5, 5.41) is 15.4. The van der Waals surface area contributed by atoms with E-state index in [0.717, 1.165) is 12.1 Å². The van der Waals surface area contributed by atoms with Crippen LogP contribution in [0.4, 0.5) is 26.7 Å². The fourth-order valence-corrected chi connectivity index (χ4v) is 4.05. The van der Waals surface area contributed by atoms with Crippen LogP contribution in [0.1, 0.15) is 30.7 Å². The first-order chi connectivity index (χ1) is 18.4. The van der Waals surface area contributed by atoms with Crippen LogP contribution < -0.4 is 15.4 Å². The summed E-state index contributed by atoms with van der Waals surface area (Å²) in [6.07, 6.45) is -7.87. The van der Waals surface area contributed by atoms with Crippen LogP contribution in [0.25, 0.3) is 0 Å². The van der Waals surface area contributed by atoms with Crippen molar-refractivity contribution in [1.29, 1.82) is 0 Å². The van der Waals surface area contributed by atoms with Crippen LogP contribution in [0.15, 0.2) is 66.9 Å². The van der Waals surface area contributed by atoms with Gasteiger partial charge in [0.15, 0.2) is 0 Å². The number of halogens is 6. The number of pyridine rings is 1. The first-order valence-electron chi connectivity index (χ1n) is 11.9. The minimum atomic E-state index is -4.90. The number of carbonyl (C=O) groups is 1. The minimum Gasteiger partial charge on any atom is -0.428 e.